The van der Waals surface area contributed by atoms with Crippen molar-refractivity contribution in [2.24, 2.45) is 0 Å². The fourth-order valence-electron chi connectivity index (χ4n) is 2.13. The van der Waals surface area contributed by atoms with Crippen molar-refractivity contribution in [3.8, 4) is 5.75 Å². The Morgan fingerprint density at radius 1 is 1.19 bits per heavy atom. The lowest BCUT2D eigenvalue weighted by Crippen LogP contribution is -2.02. The molecule has 2 heteroatoms. The summed E-state index contributed by atoms with van der Waals surface area (Å²) in [5.74, 6) is 1.65. The summed E-state index contributed by atoms with van der Waals surface area (Å²) in [6, 6.07) is 4.29. The highest BCUT2D eigenvalue weighted by molar-refractivity contribution is 9.10. The summed E-state index contributed by atoms with van der Waals surface area (Å²) in [6.07, 6.45) is 2.36. The first-order valence-corrected chi connectivity index (χ1v) is 6.86. The molecular formula is C14H21BrO. The smallest absolute Gasteiger partial charge is 0.123 e. The maximum atomic E-state index is 5.67. The molecule has 0 saturated carbocycles. The van der Waals surface area contributed by atoms with Crippen molar-refractivity contribution in [2.75, 3.05) is 6.61 Å². The van der Waals surface area contributed by atoms with Gasteiger partial charge in [-0.25, -0.2) is 0 Å². The minimum Gasteiger partial charge on any atom is -0.494 e. The number of ether oxygens (including phenoxy) is 1. The van der Waals surface area contributed by atoms with Crippen LogP contribution < -0.4 is 4.74 Å². The Balaban J connectivity index is 3.17. The van der Waals surface area contributed by atoms with Gasteiger partial charge in [0, 0.05) is 4.47 Å². The van der Waals surface area contributed by atoms with Crippen LogP contribution in [0, 0.1) is 6.92 Å². The van der Waals surface area contributed by atoms with E-state index in [4.69, 9.17) is 4.74 Å². The Kier molecular flexibility index (Phi) is 5.33. The third-order valence-corrected chi connectivity index (χ3v) is 3.55. The van der Waals surface area contributed by atoms with Crippen molar-refractivity contribution in [2.45, 2.75) is 46.5 Å². The van der Waals surface area contributed by atoms with Crippen LogP contribution in [0.1, 0.15) is 50.7 Å². The van der Waals surface area contributed by atoms with Crippen LogP contribution in [0.5, 0.6) is 5.75 Å². The second-order valence-electron chi connectivity index (χ2n) is 4.06. The molecule has 0 N–H and O–H groups in total. The molecule has 0 atom stereocenters. The van der Waals surface area contributed by atoms with Gasteiger partial charge >= 0.3 is 0 Å². The second kappa shape index (κ2) is 6.29. The largest absolute Gasteiger partial charge is 0.494 e. The topological polar surface area (TPSA) is 9.23 Å². The molecule has 0 aliphatic rings. The molecule has 16 heavy (non-hydrogen) atoms. The molecule has 0 bridgehead atoms. The predicted octanol–water partition coefficient (Wildman–Crippen LogP) is 5.06. The summed E-state index contributed by atoms with van der Waals surface area (Å²) in [7, 11) is 0. The lowest BCUT2D eigenvalue weighted by atomic mass is 9.90. The van der Waals surface area contributed by atoms with E-state index >= 15 is 0 Å². The molecule has 0 radical (unpaired) electrons. The van der Waals surface area contributed by atoms with E-state index in [1.165, 1.54) is 24.0 Å². The van der Waals surface area contributed by atoms with Crippen LogP contribution in [0.4, 0.5) is 0 Å². The highest BCUT2D eigenvalue weighted by Gasteiger charge is 2.14. The van der Waals surface area contributed by atoms with Crippen LogP contribution in [-0.4, -0.2) is 6.61 Å². The zero-order valence-electron chi connectivity index (χ0n) is 10.6. The van der Waals surface area contributed by atoms with E-state index in [0.29, 0.717) is 5.92 Å². The molecular weight excluding hydrogens is 264 g/mol. The van der Waals surface area contributed by atoms with Crippen molar-refractivity contribution in [1.82, 2.24) is 0 Å². The first kappa shape index (κ1) is 13.6. The molecule has 0 aromatic heterocycles. The summed E-state index contributed by atoms with van der Waals surface area (Å²) in [6.45, 7) is 9.39. The molecule has 90 valence electrons. The highest BCUT2D eigenvalue weighted by Crippen LogP contribution is 2.34. The molecule has 1 aromatic rings. The summed E-state index contributed by atoms with van der Waals surface area (Å²) < 4.78 is 6.78. The van der Waals surface area contributed by atoms with Crippen LogP contribution in [-0.2, 0) is 0 Å². The summed E-state index contributed by atoms with van der Waals surface area (Å²) in [5.41, 5.74) is 2.71. The molecule has 0 unspecified atom stereocenters. The molecule has 0 spiro atoms. The summed E-state index contributed by atoms with van der Waals surface area (Å²) in [5, 5.41) is 0. The lowest BCUT2D eigenvalue weighted by Gasteiger charge is -2.19. The van der Waals surface area contributed by atoms with Gasteiger partial charge in [-0.1, -0.05) is 29.8 Å². The zero-order valence-corrected chi connectivity index (χ0v) is 12.2. The van der Waals surface area contributed by atoms with E-state index in [1.54, 1.807) is 0 Å². The lowest BCUT2D eigenvalue weighted by molar-refractivity contribution is 0.337. The molecule has 0 aliphatic heterocycles. The molecule has 1 rings (SSSR count). The molecule has 0 saturated heterocycles. The molecule has 0 heterocycles. The third kappa shape index (κ3) is 3.00. The van der Waals surface area contributed by atoms with Gasteiger partial charge in [-0.3, -0.25) is 0 Å². The van der Waals surface area contributed by atoms with Gasteiger partial charge in [0.05, 0.1) is 6.61 Å². The van der Waals surface area contributed by atoms with Crippen LogP contribution in [0.25, 0.3) is 0 Å². The average Bonchev–Trinajstić information content (AvgIpc) is 2.26. The maximum absolute atomic E-state index is 5.67. The van der Waals surface area contributed by atoms with Crippen molar-refractivity contribution < 1.29 is 4.74 Å². The molecule has 0 fully saturated rings. The first-order valence-electron chi connectivity index (χ1n) is 6.06. The first-order chi connectivity index (χ1) is 7.63. The van der Waals surface area contributed by atoms with Crippen molar-refractivity contribution in [3.05, 3.63) is 27.7 Å². The van der Waals surface area contributed by atoms with Gasteiger partial charge in [-0.05, 0) is 55.9 Å². The van der Waals surface area contributed by atoms with E-state index in [9.17, 15) is 0 Å². The van der Waals surface area contributed by atoms with Gasteiger partial charge in [0.2, 0.25) is 0 Å². The monoisotopic (exact) mass is 284 g/mol. The fraction of sp³-hybridized carbons (Fsp3) is 0.571. The standard InChI is InChI=1S/C14H21BrO/c1-5-11(6-2)13-8-12(15)9-14(10(13)4)16-7-3/h8-9,11H,5-7H2,1-4H3. The normalized spacial score (nSPS) is 10.9. The molecule has 0 amide bonds. The fourth-order valence-corrected chi connectivity index (χ4v) is 2.59. The third-order valence-electron chi connectivity index (χ3n) is 3.09. The Bertz CT molecular complexity index is 343. The highest BCUT2D eigenvalue weighted by atomic mass is 79.9. The minimum absolute atomic E-state index is 0.636. The Morgan fingerprint density at radius 2 is 1.81 bits per heavy atom. The number of hydrogen-bond donors (Lipinski definition) is 0. The van der Waals surface area contributed by atoms with Crippen LogP contribution in [0.15, 0.2) is 16.6 Å². The SMILES string of the molecule is CCOc1cc(Br)cc(C(CC)CC)c1C. The van der Waals surface area contributed by atoms with Gasteiger partial charge in [-0.2, -0.15) is 0 Å². The van der Waals surface area contributed by atoms with E-state index in [0.717, 1.165) is 16.8 Å². The Morgan fingerprint density at radius 3 is 2.31 bits per heavy atom. The molecule has 1 aromatic carbocycles. The quantitative estimate of drug-likeness (QED) is 0.734. The number of halogens is 1. The van der Waals surface area contributed by atoms with Crippen molar-refractivity contribution in [3.63, 3.8) is 0 Å². The van der Waals surface area contributed by atoms with E-state index in [1.807, 2.05) is 6.92 Å². The molecule has 1 nitrogen and oxygen atoms in total. The van der Waals surface area contributed by atoms with Crippen LogP contribution >= 0.6 is 15.9 Å². The van der Waals surface area contributed by atoms with Gasteiger partial charge < -0.3 is 4.74 Å². The van der Waals surface area contributed by atoms with Crippen LogP contribution in [0.2, 0.25) is 0 Å². The zero-order chi connectivity index (χ0) is 12.1. The van der Waals surface area contributed by atoms with Gasteiger partial charge in [0.25, 0.3) is 0 Å². The Labute approximate surface area is 107 Å². The van der Waals surface area contributed by atoms with Crippen molar-refractivity contribution >= 4 is 15.9 Å². The minimum atomic E-state index is 0.636. The summed E-state index contributed by atoms with van der Waals surface area (Å²) >= 11 is 3.56. The van der Waals surface area contributed by atoms with E-state index in [2.05, 4.69) is 48.8 Å². The number of benzene rings is 1. The average molecular weight is 285 g/mol. The molecule has 0 aliphatic carbocycles. The number of hydrogen-bond acceptors (Lipinski definition) is 1. The van der Waals surface area contributed by atoms with E-state index < -0.39 is 0 Å². The second-order valence-corrected chi connectivity index (χ2v) is 4.98. The van der Waals surface area contributed by atoms with Crippen molar-refractivity contribution in [1.29, 1.82) is 0 Å². The maximum Gasteiger partial charge on any atom is 0.123 e. The van der Waals surface area contributed by atoms with Gasteiger partial charge in [-0.15, -0.1) is 0 Å². The van der Waals surface area contributed by atoms with E-state index in [-0.39, 0.29) is 0 Å². The Hall–Kier alpha value is -0.500. The van der Waals surface area contributed by atoms with Gasteiger partial charge in [0.15, 0.2) is 0 Å². The van der Waals surface area contributed by atoms with Gasteiger partial charge in [0.1, 0.15) is 5.75 Å². The number of rotatable bonds is 5. The van der Waals surface area contributed by atoms with Crippen LogP contribution in [0.3, 0.4) is 0 Å². The predicted molar refractivity (Wildman–Crippen MR) is 73.4 cm³/mol. The summed E-state index contributed by atoms with van der Waals surface area (Å²) in [4.78, 5) is 0.